The average molecular weight is 271 g/mol. The van der Waals surface area contributed by atoms with Gasteiger partial charge in [0, 0.05) is 23.5 Å². The molecule has 20 heavy (non-hydrogen) atoms. The number of ether oxygens (including phenoxy) is 1. The summed E-state index contributed by atoms with van der Waals surface area (Å²) >= 11 is 0. The number of para-hydroxylation sites is 1. The zero-order valence-electron chi connectivity index (χ0n) is 11.9. The quantitative estimate of drug-likeness (QED) is 0.869. The molecule has 0 bridgehead atoms. The summed E-state index contributed by atoms with van der Waals surface area (Å²) in [7, 11) is 1.70. The van der Waals surface area contributed by atoms with Crippen molar-refractivity contribution in [1.29, 1.82) is 0 Å². The highest BCUT2D eigenvalue weighted by Crippen LogP contribution is 2.30. The van der Waals surface area contributed by atoms with Gasteiger partial charge in [0.1, 0.15) is 5.75 Å². The van der Waals surface area contributed by atoms with Gasteiger partial charge in [-0.2, -0.15) is 0 Å². The zero-order valence-corrected chi connectivity index (χ0v) is 11.9. The minimum Gasteiger partial charge on any atom is -0.496 e. The van der Waals surface area contributed by atoms with Gasteiger partial charge in [-0.1, -0.05) is 24.6 Å². The molecule has 1 aromatic carbocycles. The second-order valence-electron chi connectivity index (χ2n) is 5.48. The Morgan fingerprint density at radius 2 is 2.10 bits per heavy atom. The zero-order chi connectivity index (χ0) is 13.9. The maximum absolute atomic E-state index is 10.2. The highest BCUT2D eigenvalue weighted by Gasteiger charge is 2.18. The number of aromatic nitrogens is 1. The van der Waals surface area contributed by atoms with Crippen molar-refractivity contribution >= 4 is 0 Å². The van der Waals surface area contributed by atoms with E-state index in [0.29, 0.717) is 0 Å². The molecule has 0 radical (unpaired) electrons. The Hall–Kier alpha value is -1.74. The van der Waals surface area contributed by atoms with Crippen LogP contribution in [0.4, 0.5) is 0 Å². The average Bonchev–Trinajstić information content (AvgIpc) is 2.79. The van der Waals surface area contributed by atoms with Crippen LogP contribution in [-0.4, -0.2) is 16.8 Å². The fourth-order valence-electron chi connectivity index (χ4n) is 3.01. The Labute approximate surface area is 119 Å². The Morgan fingerprint density at radius 3 is 2.95 bits per heavy atom. The largest absolute Gasteiger partial charge is 0.496 e. The first kappa shape index (κ1) is 13.3. The van der Waals surface area contributed by atoms with Crippen molar-refractivity contribution < 1.29 is 9.84 Å². The molecular formula is C17H21NO2. The molecule has 1 aliphatic rings. The number of benzene rings is 1. The minimum atomic E-state index is -0.300. The van der Waals surface area contributed by atoms with Gasteiger partial charge in [0.25, 0.3) is 0 Å². The van der Waals surface area contributed by atoms with Crippen molar-refractivity contribution in [3.63, 3.8) is 0 Å². The topological polar surface area (TPSA) is 34.4 Å². The van der Waals surface area contributed by atoms with Gasteiger partial charge in [-0.3, -0.25) is 0 Å². The molecule has 0 saturated carbocycles. The van der Waals surface area contributed by atoms with Gasteiger partial charge in [0.15, 0.2) is 0 Å². The molecule has 0 aliphatic heterocycles. The number of methoxy groups -OCH3 is 1. The summed E-state index contributed by atoms with van der Waals surface area (Å²) in [6.45, 7) is 0.781. The maximum atomic E-state index is 10.2. The molecule has 1 N–H and O–H groups in total. The summed E-state index contributed by atoms with van der Waals surface area (Å²) in [6.07, 6.45) is 8.21. The molecular weight excluding hydrogens is 250 g/mol. The minimum absolute atomic E-state index is 0.300. The third kappa shape index (κ3) is 2.59. The molecule has 1 aromatic heterocycles. The van der Waals surface area contributed by atoms with Crippen LogP contribution in [0.5, 0.6) is 5.75 Å². The number of aliphatic hydroxyl groups is 1. The van der Waals surface area contributed by atoms with Crippen LogP contribution in [0.3, 0.4) is 0 Å². The van der Waals surface area contributed by atoms with Crippen molar-refractivity contribution in [3.05, 3.63) is 53.3 Å². The Balaban J connectivity index is 1.87. The highest BCUT2D eigenvalue weighted by atomic mass is 16.5. The first-order valence-electron chi connectivity index (χ1n) is 7.26. The summed E-state index contributed by atoms with van der Waals surface area (Å²) in [5.74, 6) is 0.914. The number of nitrogens with zero attached hydrogens (tertiary/aromatic N) is 1. The van der Waals surface area contributed by atoms with E-state index in [1.807, 2.05) is 18.2 Å². The van der Waals surface area contributed by atoms with Crippen LogP contribution in [0, 0.1) is 0 Å². The molecule has 1 heterocycles. The molecule has 0 saturated heterocycles. The van der Waals surface area contributed by atoms with Crippen molar-refractivity contribution in [3.8, 4) is 5.75 Å². The lowest BCUT2D eigenvalue weighted by molar-refractivity contribution is 0.166. The molecule has 1 atom stereocenters. The molecule has 106 valence electrons. The van der Waals surface area contributed by atoms with Crippen LogP contribution in [0.2, 0.25) is 0 Å². The van der Waals surface area contributed by atoms with Gasteiger partial charge in [0.05, 0.1) is 19.8 Å². The molecule has 3 nitrogen and oxygen atoms in total. The Morgan fingerprint density at radius 1 is 1.25 bits per heavy atom. The summed E-state index contributed by atoms with van der Waals surface area (Å²) in [5, 5.41) is 10.2. The second kappa shape index (κ2) is 5.71. The van der Waals surface area contributed by atoms with E-state index in [4.69, 9.17) is 4.74 Å². The molecule has 3 rings (SSSR count). The number of hydrogen-bond acceptors (Lipinski definition) is 2. The highest BCUT2D eigenvalue weighted by molar-refractivity contribution is 5.35. The SMILES string of the molecule is COc1ccccc1Cn1cc2c(c1)C(O)CCCC2. The van der Waals surface area contributed by atoms with Crippen molar-refractivity contribution in [2.75, 3.05) is 7.11 Å². The fourth-order valence-corrected chi connectivity index (χ4v) is 3.01. The van der Waals surface area contributed by atoms with Crippen LogP contribution < -0.4 is 4.74 Å². The van der Waals surface area contributed by atoms with Gasteiger partial charge in [-0.15, -0.1) is 0 Å². The number of rotatable bonds is 3. The smallest absolute Gasteiger partial charge is 0.123 e. The van der Waals surface area contributed by atoms with E-state index in [-0.39, 0.29) is 6.10 Å². The predicted molar refractivity (Wildman–Crippen MR) is 79.0 cm³/mol. The van der Waals surface area contributed by atoms with Crippen molar-refractivity contribution in [2.45, 2.75) is 38.3 Å². The van der Waals surface area contributed by atoms with Crippen LogP contribution in [0.25, 0.3) is 0 Å². The standard InChI is InChI=1S/C17H21NO2/c1-20-17-9-5-3-7-14(17)11-18-10-13-6-2-4-8-16(19)15(13)12-18/h3,5,7,9-10,12,16,19H,2,4,6,8,11H2,1H3. The lowest BCUT2D eigenvalue weighted by Crippen LogP contribution is -2.00. The van der Waals surface area contributed by atoms with Gasteiger partial charge >= 0.3 is 0 Å². The predicted octanol–water partition coefficient (Wildman–Crippen LogP) is 3.30. The summed E-state index contributed by atoms with van der Waals surface area (Å²) in [6, 6.07) is 8.08. The lowest BCUT2D eigenvalue weighted by Gasteiger charge is -2.09. The molecule has 0 spiro atoms. The second-order valence-corrected chi connectivity index (χ2v) is 5.48. The van der Waals surface area contributed by atoms with Gasteiger partial charge < -0.3 is 14.4 Å². The fraction of sp³-hybridized carbons (Fsp3) is 0.412. The van der Waals surface area contributed by atoms with Gasteiger partial charge in [-0.05, 0) is 30.9 Å². The van der Waals surface area contributed by atoms with E-state index in [9.17, 15) is 5.11 Å². The first-order valence-corrected chi connectivity index (χ1v) is 7.26. The summed E-state index contributed by atoms with van der Waals surface area (Å²) in [5.41, 5.74) is 3.57. The maximum Gasteiger partial charge on any atom is 0.123 e. The van der Waals surface area contributed by atoms with E-state index < -0.39 is 0 Å². The number of aliphatic hydroxyl groups excluding tert-OH is 1. The molecule has 0 amide bonds. The van der Waals surface area contributed by atoms with E-state index in [0.717, 1.165) is 42.7 Å². The van der Waals surface area contributed by atoms with Crippen LogP contribution in [0.15, 0.2) is 36.7 Å². The Kier molecular flexibility index (Phi) is 3.79. The van der Waals surface area contributed by atoms with E-state index >= 15 is 0 Å². The number of aryl methyl sites for hydroxylation is 1. The Bertz CT molecular complexity index is 588. The summed E-state index contributed by atoms with van der Waals surface area (Å²) < 4.78 is 7.56. The molecule has 1 unspecified atom stereocenters. The van der Waals surface area contributed by atoms with E-state index in [1.165, 1.54) is 12.0 Å². The third-order valence-corrected chi connectivity index (χ3v) is 4.08. The van der Waals surface area contributed by atoms with Crippen LogP contribution in [0.1, 0.15) is 42.1 Å². The van der Waals surface area contributed by atoms with Crippen LogP contribution >= 0.6 is 0 Å². The third-order valence-electron chi connectivity index (χ3n) is 4.08. The molecule has 0 fully saturated rings. The van der Waals surface area contributed by atoms with Crippen LogP contribution in [-0.2, 0) is 13.0 Å². The molecule has 3 heteroatoms. The monoisotopic (exact) mass is 271 g/mol. The molecule has 1 aliphatic carbocycles. The van der Waals surface area contributed by atoms with Gasteiger partial charge in [0.2, 0.25) is 0 Å². The van der Waals surface area contributed by atoms with E-state index in [2.05, 4.69) is 23.0 Å². The number of hydrogen-bond donors (Lipinski definition) is 1. The normalized spacial score (nSPS) is 18.4. The lowest BCUT2D eigenvalue weighted by atomic mass is 10.1. The first-order chi connectivity index (χ1) is 9.78. The van der Waals surface area contributed by atoms with E-state index in [1.54, 1.807) is 7.11 Å². The number of fused-ring (bicyclic) bond motifs is 1. The molecule has 2 aromatic rings. The van der Waals surface area contributed by atoms with Crippen molar-refractivity contribution in [1.82, 2.24) is 4.57 Å². The van der Waals surface area contributed by atoms with Gasteiger partial charge in [-0.25, -0.2) is 0 Å². The summed E-state index contributed by atoms with van der Waals surface area (Å²) in [4.78, 5) is 0. The van der Waals surface area contributed by atoms with Crippen molar-refractivity contribution in [2.24, 2.45) is 0 Å².